The summed E-state index contributed by atoms with van der Waals surface area (Å²) in [6.07, 6.45) is 1.93. The number of halogens is 1. The van der Waals surface area contributed by atoms with Gasteiger partial charge >= 0.3 is 5.97 Å². The molecule has 0 heterocycles. The van der Waals surface area contributed by atoms with Gasteiger partial charge in [-0.2, -0.15) is 0 Å². The summed E-state index contributed by atoms with van der Waals surface area (Å²) in [7, 11) is 0. The maximum absolute atomic E-state index is 12.2. The summed E-state index contributed by atoms with van der Waals surface area (Å²) >= 11 is 3.24. The van der Waals surface area contributed by atoms with E-state index in [9.17, 15) is 19.8 Å². The number of benzene rings is 1. The average Bonchev–Trinajstić information content (AvgIpc) is 2.75. The van der Waals surface area contributed by atoms with Crippen molar-refractivity contribution >= 4 is 27.8 Å². The Bertz CT molecular complexity index is 560. The van der Waals surface area contributed by atoms with Gasteiger partial charge in [-0.05, 0) is 38.0 Å². The molecular weight excluding hydrogens is 326 g/mol. The van der Waals surface area contributed by atoms with E-state index in [0.717, 1.165) is 6.42 Å². The Labute approximate surface area is 125 Å². The van der Waals surface area contributed by atoms with E-state index in [-0.39, 0.29) is 11.3 Å². The van der Waals surface area contributed by atoms with Crippen LogP contribution in [0.1, 0.15) is 36.5 Å². The molecule has 6 heteroatoms. The number of carboxylic acids is 1. The van der Waals surface area contributed by atoms with Gasteiger partial charge in [0.1, 0.15) is 5.75 Å². The van der Waals surface area contributed by atoms with Crippen molar-refractivity contribution in [2.24, 2.45) is 5.41 Å². The quantitative estimate of drug-likeness (QED) is 0.788. The first kappa shape index (κ1) is 14.8. The standard InChI is InChI=1S/C14H16BrNO4/c1-14(13(19)20)6-2-3-11(14)16-12(18)9-7-8(15)4-5-10(9)17/h4-5,7,11,17H,2-3,6H2,1H3,(H,16,18)(H,19,20). The summed E-state index contributed by atoms with van der Waals surface area (Å²) in [4.78, 5) is 23.6. The fraction of sp³-hybridized carbons (Fsp3) is 0.429. The highest BCUT2D eigenvalue weighted by atomic mass is 79.9. The Balaban J connectivity index is 2.19. The Hall–Kier alpha value is -1.56. The largest absolute Gasteiger partial charge is 0.507 e. The maximum atomic E-state index is 12.2. The van der Waals surface area contributed by atoms with Crippen molar-refractivity contribution in [3.63, 3.8) is 0 Å². The first-order chi connectivity index (χ1) is 9.34. The van der Waals surface area contributed by atoms with Crippen molar-refractivity contribution in [1.82, 2.24) is 5.32 Å². The number of aliphatic carboxylic acids is 1. The molecular formula is C14H16BrNO4. The summed E-state index contributed by atoms with van der Waals surface area (Å²) < 4.78 is 0.674. The lowest BCUT2D eigenvalue weighted by Gasteiger charge is -2.27. The fourth-order valence-corrected chi connectivity index (χ4v) is 2.94. The highest BCUT2D eigenvalue weighted by Gasteiger charge is 2.46. The number of hydrogen-bond donors (Lipinski definition) is 3. The third-order valence-corrected chi connectivity index (χ3v) is 4.45. The number of hydrogen-bond acceptors (Lipinski definition) is 3. The van der Waals surface area contributed by atoms with Crippen LogP contribution in [0.3, 0.4) is 0 Å². The molecule has 1 aromatic carbocycles. The van der Waals surface area contributed by atoms with Gasteiger partial charge in [0.2, 0.25) is 0 Å². The van der Waals surface area contributed by atoms with E-state index in [0.29, 0.717) is 17.3 Å². The number of aromatic hydroxyl groups is 1. The van der Waals surface area contributed by atoms with Gasteiger partial charge in [-0.3, -0.25) is 9.59 Å². The second-order valence-electron chi connectivity index (χ2n) is 5.30. The lowest BCUT2D eigenvalue weighted by Crippen LogP contribution is -2.47. The summed E-state index contributed by atoms with van der Waals surface area (Å²) in [5.74, 6) is -1.48. The third-order valence-electron chi connectivity index (χ3n) is 3.96. The van der Waals surface area contributed by atoms with E-state index in [1.807, 2.05) is 0 Å². The first-order valence-corrected chi connectivity index (χ1v) is 7.16. The van der Waals surface area contributed by atoms with Crippen LogP contribution in [0.5, 0.6) is 5.75 Å². The van der Waals surface area contributed by atoms with Crippen LogP contribution in [0.15, 0.2) is 22.7 Å². The third kappa shape index (κ3) is 2.65. The van der Waals surface area contributed by atoms with Crippen LogP contribution in [-0.4, -0.2) is 28.1 Å². The van der Waals surface area contributed by atoms with Gasteiger partial charge in [0.15, 0.2) is 0 Å². The van der Waals surface area contributed by atoms with Crippen molar-refractivity contribution < 1.29 is 19.8 Å². The second-order valence-corrected chi connectivity index (χ2v) is 6.22. The molecule has 2 rings (SSSR count). The number of rotatable bonds is 3. The van der Waals surface area contributed by atoms with E-state index in [2.05, 4.69) is 21.2 Å². The molecule has 0 radical (unpaired) electrons. The molecule has 0 bridgehead atoms. The van der Waals surface area contributed by atoms with Crippen LogP contribution in [0.25, 0.3) is 0 Å². The van der Waals surface area contributed by atoms with Gasteiger partial charge in [0.25, 0.3) is 5.91 Å². The maximum Gasteiger partial charge on any atom is 0.311 e. The molecule has 1 aromatic rings. The van der Waals surface area contributed by atoms with Crippen LogP contribution in [0, 0.1) is 5.41 Å². The molecule has 1 saturated carbocycles. The van der Waals surface area contributed by atoms with Crippen molar-refractivity contribution in [1.29, 1.82) is 0 Å². The van der Waals surface area contributed by atoms with Crippen LogP contribution >= 0.6 is 15.9 Å². The highest BCUT2D eigenvalue weighted by Crippen LogP contribution is 2.38. The molecule has 1 aliphatic carbocycles. The predicted octanol–water partition coefficient (Wildman–Crippen LogP) is 2.53. The lowest BCUT2D eigenvalue weighted by atomic mass is 9.85. The van der Waals surface area contributed by atoms with E-state index in [1.165, 1.54) is 12.1 Å². The molecule has 1 fully saturated rings. The lowest BCUT2D eigenvalue weighted by molar-refractivity contribution is -0.148. The van der Waals surface area contributed by atoms with E-state index in [1.54, 1.807) is 13.0 Å². The minimum atomic E-state index is -0.947. The van der Waals surface area contributed by atoms with Crippen LogP contribution in [0.4, 0.5) is 0 Å². The summed E-state index contributed by atoms with van der Waals surface area (Å²) in [5, 5.41) is 21.8. The zero-order valence-corrected chi connectivity index (χ0v) is 12.6. The topological polar surface area (TPSA) is 86.6 Å². The molecule has 3 N–H and O–H groups in total. The van der Waals surface area contributed by atoms with E-state index >= 15 is 0 Å². The van der Waals surface area contributed by atoms with Crippen molar-refractivity contribution in [2.45, 2.75) is 32.2 Å². The van der Waals surface area contributed by atoms with Gasteiger partial charge in [-0.15, -0.1) is 0 Å². The molecule has 108 valence electrons. The average molecular weight is 342 g/mol. The zero-order valence-electron chi connectivity index (χ0n) is 11.0. The normalized spacial score (nSPS) is 25.4. The van der Waals surface area contributed by atoms with Crippen molar-refractivity contribution in [3.8, 4) is 5.75 Å². The van der Waals surface area contributed by atoms with Crippen LogP contribution in [-0.2, 0) is 4.79 Å². The number of amides is 1. The molecule has 0 aliphatic heterocycles. The van der Waals surface area contributed by atoms with Crippen LogP contribution < -0.4 is 5.32 Å². The Morgan fingerprint density at radius 2 is 2.15 bits per heavy atom. The van der Waals surface area contributed by atoms with Gasteiger partial charge in [-0.1, -0.05) is 22.4 Å². The molecule has 0 saturated heterocycles. The van der Waals surface area contributed by atoms with Gasteiger partial charge in [0.05, 0.1) is 11.0 Å². The number of nitrogens with one attached hydrogen (secondary N) is 1. The van der Waals surface area contributed by atoms with Crippen molar-refractivity contribution in [2.75, 3.05) is 0 Å². The SMILES string of the molecule is CC1(C(=O)O)CCCC1NC(=O)c1cc(Br)ccc1O. The monoisotopic (exact) mass is 341 g/mol. The summed E-state index contributed by atoms with van der Waals surface area (Å²) in [6, 6.07) is 4.14. The Morgan fingerprint density at radius 1 is 1.45 bits per heavy atom. The molecule has 20 heavy (non-hydrogen) atoms. The molecule has 1 aliphatic rings. The molecule has 0 spiro atoms. The summed E-state index contributed by atoms with van der Waals surface area (Å²) in [5.41, 5.74) is -0.809. The van der Waals surface area contributed by atoms with E-state index < -0.39 is 23.3 Å². The van der Waals surface area contributed by atoms with Crippen LogP contribution in [0.2, 0.25) is 0 Å². The van der Waals surface area contributed by atoms with Gasteiger partial charge in [-0.25, -0.2) is 0 Å². The smallest absolute Gasteiger partial charge is 0.311 e. The van der Waals surface area contributed by atoms with E-state index in [4.69, 9.17) is 0 Å². The molecule has 0 aromatic heterocycles. The summed E-state index contributed by atoms with van der Waals surface area (Å²) in [6.45, 7) is 1.65. The Morgan fingerprint density at radius 3 is 2.80 bits per heavy atom. The van der Waals surface area contributed by atoms with Gasteiger partial charge in [0, 0.05) is 10.5 Å². The number of carboxylic acid groups (broad SMARTS) is 1. The molecule has 2 unspecified atom stereocenters. The highest BCUT2D eigenvalue weighted by molar-refractivity contribution is 9.10. The number of carbonyl (C=O) groups is 2. The Kier molecular flexibility index (Phi) is 4.04. The minimum absolute atomic E-state index is 0.124. The molecule has 1 amide bonds. The number of phenolic OH excluding ortho intramolecular Hbond substituents is 1. The van der Waals surface area contributed by atoms with Gasteiger partial charge < -0.3 is 15.5 Å². The van der Waals surface area contributed by atoms with Crippen molar-refractivity contribution in [3.05, 3.63) is 28.2 Å². The first-order valence-electron chi connectivity index (χ1n) is 6.37. The molecule has 2 atom stereocenters. The second kappa shape index (κ2) is 5.44. The zero-order chi connectivity index (χ0) is 14.9. The fourth-order valence-electron chi connectivity index (χ4n) is 2.58. The minimum Gasteiger partial charge on any atom is -0.507 e. The molecule has 5 nitrogen and oxygen atoms in total. The number of phenols is 1. The number of carbonyl (C=O) groups excluding carboxylic acids is 1. The predicted molar refractivity (Wildman–Crippen MR) is 76.7 cm³/mol.